The first-order valence-electron chi connectivity index (χ1n) is 7.66. The fraction of sp³-hybridized carbons (Fsp3) is 0.222. The largest absolute Gasteiger partial charge is 0.496 e. The molecule has 26 heavy (non-hydrogen) atoms. The Kier molecular flexibility index (Phi) is 7.04. The van der Waals surface area contributed by atoms with Gasteiger partial charge < -0.3 is 24.3 Å². The monoisotopic (exact) mass is 375 g/mol. The van der Waals surface area contributed by atoms with E-state index in [1.807, 2.05) is 24.3 Å². The van der Waals surface area contributed by atoms with Gasteiger partial charge in [-0.05, 0) is 30.4 Å². The van der Waals surface area contributed by atoms with Gasteiger partial charge in [-0.1, -0.05) is 12.1 Å². The quantitative estimate of drug-likeness (QED) is 0.438. The summed E-state index contributed by atoms with van der Waals surface area (Å²) in [4.78, 5) is 0. The standard InChI is InChI=1S/C18H21N3O4S/c1-22-14-8-6-5-7-13(14)20-18(26)21-19-11-12-9-16(24-3)17(25-4)10-15(12)23-2/h5-11H,1-4H3,(H2,20,21,26)/b19-11+. The summed E-state index contributed by atoms with van der Waals surface area (Å²) in [6.45, 7) is 0. The summed E-state index contributed by atoms with van der Waals surface area (Å²) in [5, 5.41) is 7.48. The van der Waals surface area contributed by atoms with Gasteiger partial charge in [-0.25, -0.2) is 0 Å². The van der Waals surface area contributed by atoms with Gasteiger partial charge >= 0.3 is 0 Å². The minimum absolute atomic E-state index is 0.324. The van der Waals surface area contributed by atoms with Crippen LogP contribution >= 0.6 is 12.2 Å². The molecule has 2 aromatic rings. The topological polar surface area (TPSA) is 73.3 Å². The summed E-state index contributed by atoms with van der Waals surface area (Å²) in [5.41, 5.74) is 4.20. The highest BCUT2D eigenvalue weighted by molar-refractivity contribution is 7.80. The molecule has 8 heteroatoms. The van der Waals surface area contributed by atoms with Crippen LogP contribution in [-0.4, -0.2) is 39.8 Å². The lowest BCUT2D eigenvalue weighted by atomic mass is 10.2. The van der Waals surface area contributed by atoms with Crippen molar-refractivity contribution in [2.24, 2.45) is 5.10 Å². The van der Waals surface area contributed by atoms with E-state index in [4.69, 9.17) is 31.2 Å². The van der Waals surface area contributed by atoms with E-state index in [2.05, 4.69) is 15.8 Å². The zero-order valence-electron chi connectivity index (χ0n) is 15.0. The first-order chi connectivity index (χ1) is 12.6. The Morgan fingerprint density at radius 3 is 2.15 bits per heavy atom. The summed E-state index contributed by atoms with van der Waals surface area (Å²) >= 11 is 5.24. The second-order valence-electron chi connectivity index (χ2n) is 4.97. The molecule has 0 atom stereocenters. The minimum atomic E-state index is 0.324. The summed E-state index contributed by atoms with van der Waals surface area (Å²) in [5.74, 6) is 2.42. The molecular formula is C18H21N3O4S. The van der Waals surface area contributed by atoms with Crippen LogP contribution in [0.1, 0.15) is 5.56 Å². The molecule has 0 fully saturated rings. The summed E-state index contributed by atoms with van der Waals surface area (Å²) < 4.78 is 21.2. The third-order valence-corrected chi connectivity index (χ3v) is 3.65. The van der Waals surface area contributed by atoms with Crippen molar-refractivity contribution in [2.75, 3.05) is 33.8 Å². The van der Waals surface area contributed by atoms with Crippen LogP contribution in [0.25, 0.3) is 0 Å². The smallest absolute Gasteiger partial charge is 0.191 e. The van der Waals surface area contributed by atoms with Crippen molar-refractivity contribution in [1.82, 2.24) is 5.43 Å². The van der Waals surface area contributed by atoms with Crippen LogP contribution in [0.15, 0.2) is 41.5 Å². The fourth-order valence-electron chi connectivity index (χ4n) is 2.21. The second kappa shape index (κ2) is 9.47. The predicted octanol–water partition coefficient (Wildman–Crippen LogP) is 3.04. The molecule has 2 N–H and O–H groups in total. The van der Waals surface area contributed by atoms with Gasteiger partial charge in [-0.3, -0.25) is 5.43 Å². The van der Waals surface area contributed by atoms with Gasteiger partial charge in [0.1, 0.15) is 11.5 Å². The van der Waals surface area contributed by atoms with Crippen LogP contribution in [-0.2, 0) is 0 Å². The van der Waals surface area contributed by atoms with Crippen molar-refractivity contribution in [3.63, 3.8) is 0 Å². The number of hydrogen-bond acceptors (Lipinski definition) is 6. The number of nitrogens with one attached hydrogen (secondary N) is 2. The highest BCUT2D eigenvalue weighted by atomic mass is 32.1. The van der Waals surface area contributed by atoms with Crippen molar-refractivity contribution < 1.29 is 18.9 Å². The minimum Gasteiger partial charge on any atom is -0.496 e. The maximum atomic E-state index is 5.35. The van der Waals surface area contributed by atoms with Crippen LogP contribution in [0, 0.1) is 0 Å². The van der Waals surface area contributed by atoms with Gasteiger partial charge in [-0.15, -0.1) is 0 Å². The number of para-hydroxylation sites is 2. The molecule has 0 saturated carbocycles. The molecule has 0 bridgehead atoms. The van der Waals surface area contributed by atoms with E-state index in [1.54, 1.807) is 46.8 Å². The van der Waals surface area contributed by atoms with Crippen LogP contribution in [0.2, 0.25) is 0 Å². The number of hydrogen-bond donors (Lipinski definition) is 2. The van der Waals surface area contributed by atoms with E-state index in [1.165, 1.54) is 0 Å². The molecule has 0 unspecified atom stereocenters. The second-order valence-corrected chi connectivity index (χ2v) is 5.38. The molecule has 0 aromatic heterocycles. The number of anilines is 1. The Bertz CT molecular complexity index is 796. The van der Waals surface area contributed by atoms with Gasteiger partial charge in [0.25, 0.3) is 0 Å². The Morgan fingerprint density at radius 1 is 0.885 bits per heavy atom. The Morgan fingerprint density at radius 2 is 1.50 bits per heavy atom. The van der Waals surface area contributed by atoms with E-state index in [-0.39, 0.29) is 0 Å². The van der Waals surface area contributed by atoms with Gasteiger partial charge in [-0.2, -0.15) is 5.10 Å². The molecule has 0 aliphatic rings. The maximum Gasteiger partial charge on any atom is 0.191 e. The van der Waals surface area contributed by atoms with Gasteiger partial charge in [0.15, 0.2) is 16.6 Å². The van der Waals surface area contributed by atoms with Gasteiger partial charge in [0, 0.05) is 11.6 Å². The van der Waals surface area contributed by atoms with Crippen LogP contribution < -0.4 is 29.7 Å². The third kappa shape index (κ3) is 4.76. The molecule has 0 spiro atoms. The van der Waals surface area contributed by atoms with Crippen LogP contribution in [0.4, 0.5) is 5.69 Å². The SMILES string of the molecule is COc1cc(OC)c(OC)cc1/C=N/NC(=S)Nc1ccccc1OC. The van der Waals surface area contributed by atoms with Crippen LogP contribution in [0.5, 0.6) is 23.0 Å². The summed E-state index contributed by atoms with van der Waals surface area (Å²) in [6, 6.07) is 10.9. The number of rotatable bonds is 7. The molecule has 2 aromatic carbocycles. The van der Waals surface area contributed by atoms with E-state index < -0.39 is 0 Å². The lowest BCUT2D eigenvalue weighted by Crippen LogP contribution is -2.24. The molecular weight excluding hydrogens is 354 g/mol. The van der Waals surface area contributed by atoms with Gasteiger partial charge in [0.2, 0.25) is 0 Å². The first-order valence-corrected chi connectivity index (χ1v) is 8.06. The van der Waals surface area contributed by atoms with Crippen molar-refractivity contribution in [3.8, 4) is 23.0 Å². The Balaban J connectivity index is 2.09. The third-order valence-electron chi connectivity index (χ3n) is 3.46. The van der Waals surface area contributed by atoms with E-state index in [9.17, 15) is 0 Å². The van der Waals surface area contributed by atoms with Crippen molar-refractivity contribution >= 4 is 29.2 Å². The molecule has 0 saturated heterocycles. The highest BCUT2D eigenvalue weighted by Crippen LogP contribution is 2.33. The average Bonchev–Trinajstić information content (AvgIpc) is 2.67. The Labute approximate surface area is 157 Å². The number of thiocarbonyl (C=S) groups is 1. The number of ether oxygens (including phenoxy) is 4. The van der Waals surface area contributed by atoms with E-state index in [0.717, 1.165) is 5.69 Å². The molecule has 2 rings (SSSR count). The number of methoxy groups -OCH3 is 4. The Hall–Kier alpha value is -3.00. The number of benzene rings is 2. The molecule has 0 aliphatic carbocycles. The lowest BCUT2D eigenvalue weighted by molar-refractivity contribution is 0.349. The maximum absolute atomic E-state index is 5.35. The van der Waals surface area contributed by atoms with Crippen molar-refractivity contribution in [3.05, 3.63) is 42.0 Å². The van der Waals surface area contributed by atoms with E-state index >= 15 is 0 Å². The van der Waals surface area contributed by atoms with E-state index in [0.29, 0.717) is 33.7 Å². The molecule has 0 heterocycles. The van der Waals surface area contributed by atoms with Crippen molar-refractivity contribution in [1.29, 1.82) is 0 Å². The van der Waals surface area contributed by atoms with Crippen molar-refractivity contribution in [2.45, 2.75) is 0 Å². The zero-order chi connectivity index (χ0) is 18.9. The summed E-state index contributed by atoms with van der Waals surface area (Å²) in [7, 11) is 6.29. The number of hydrazone groups is 1. The average molecular weight is 375 g/mol. The number of nitrogens with zero attached hydrogens (tertiary/aromatic N) is 1. The molecule has 0 radical (unpaired) electrons. The zero-order valence-corrected chi connectivity index (χ0v) is 15.8. The normalized spacial score (nSPS) is 10.3. The lowest BCUT2D eigenvalue weighted by Gasteiger charge is -2.12. The fourth-order valence-corrected chi connectivity index (χ4v) is 2.38. The molecule has 0 amide bonds. The predicted molar refractivity (Wildman–Crippen MR) is 106 cm³/mol. The molecule has 138 valence electrons. The first kappa shape index (κ1) is 19.3. The molecule has 0 aliphatic heterocycles. The summed E-state index contributed by atoms with van der Waals surface area (Å²) in [6.07, 6.45) is 1.58. The molecule has 7 nitrogen and oxygen atoms in total. The van der Waals surface area contributed by atoms with Gasteiger partial charge in [0.05, 0.1) is 40.3 Å². The highest BCUT2D eigenvalue weighted by Gasteiger charge is 2.10. The van der Waals surface area contributed by atoms with Crippen LogP contribution in [0.3, 0.4) is 0 Å².